The first kappa shape index (κ1) is 15.0. The van der Waals surface area contributed by atoms with Gasteiger partial charge in [0.1, 0.15) is 0 Å². The molecule has 0 aromatic rings. The van der Waals surface area contributed by atoms with Crippen LogP contribution in [0.1, 0.15) is 51.4 Å². The fourth-order valence-electron chi connectivity index (χ4n) is 2.76. The van der Waals surface area contributed by atoms with Crippen LogP contribution < -0.4 is 11.1 Å². The molecule has 0 heterocycles. The summed E-state index contributed by atoms with van der Waals surface area (Å²) in [6.45, 7) is 1.28. The summed E-state index contributed by atoms with van der Waals surface area (Å²) < 4.78 is 0. The van der Waals surface area contributed by atoms with Crippen molar-refractivity contribution in [1.29, 1.82) is 0 Å². The van der Waals surface area contributed by atoms with Gasteiger partial charge in [0.05, 0.1) is 6.42 Å². The van der Waals surface area contributed by atoms with Crippen molar-refractivity contribution in [2.45, 2.75) is 51.4 Å². The molecular formula is C13H24N2O3. The molecule has 0 aromatic carbocycles. The fourth-order valence-corrected chi connectivity index (χ4v) is 2.76. The van der Waals surface area contributed by atoms with Gasteiger partial charge in [0.2, 0.25) is 5.91 Å². The van der Waals surface area contributed by atoms with Crippen molar-refractivity contribution in [3.8, 4) is 0 Å². The summed E-state index contributed by atoms with van der Waals surface area (Å²) in [6, 6.07) is 0. The molecule has 5 heteroatoms. The Morgan fingerprint density at radius 3 is 2.39 bits per heavy atom. The highest BCUT2D eigenvalue weighted by molar-refractivity contribution is 5.78. The molecule has 0 aliphatic heterocycles. The number of hydrogen-bond donors (Lipinski definition) is 3. The van der Waals surface area contributed by atoms with Crippen molar-refractivity contribution in [1.82, 2.24) is 5.32 Å². The number of amides is 1. The average molecular weight is 256 g/mol. The number of carbonyl (C=O) groups is 2. The summed E-state index contributed by atoms with van der Waals surface area (Å²) >= 11 is 0. The Kier molecular flexibility index (Phi) is 6.12. The maximum Gasteiger partial charge on any atom is 0.303 e. The second-order valence-corrected chi connectivity index (χ2v) is 5.30. The number of nitrogens with one attached hydrogen (secondary N) is 1. The molecule has 0 radical (unpaired) electrons. The van der Waals surface area contributed by atoms with E-state index in [-0.39, 0.29) is 17.7 Å². The van der Waals surface area contributed by atoms with Crippen LogP contribution >= 0.6 is 0 Å². The summed E-state index contributed by atoms with van der Waals surface area (Å²) in [5, 5.41) is 11.8. The molecule has 0 bridgehead atoms. The number of hydrogen-bond acceptors (Lipinski definition) is 3. The maximum absolute atomic E-state index is 11.8. The minimum atomic E-state index is -0.798. The molecule has 0 aromatic heterocycles. The molecule has 0 unspecified atom stereocenters. The Hall–Kier alpha value is -1.10. The third kappa shape index (κ3) is 5.04. The van der Waals surface area contributed by atoms with Crippen molar-refractivity contribution in [2.24, 2.45) is 11.1 Å². The lowest BCUT2D eigenvalue weighted by Crippen LogP contribution is -2.32. The number of aliphatic carboxylic acids is 1. The Labute approximate surface area is 108 Å². The smallest absolute Gasteiger partial charge is 0.303 e. The molecule has 0 saturated heterocycles. The van der Waals surface area contributed by atoms with Gasteiger partial charge in [0.25, 0.3) is 0 Å². The van der Waals surface area contributed by atoms with Gasteiger partial charge in [-0.3, -0.25) is 9.59 Å². The summed E-state index contributed by atoms with van der Waals surface area (Å²) in [6.07, 6.45) is 6.03. The zero-order chi connectivity index (χ0) is 13.4. The molecule has 1 aliphatic carbocycles. The normalized spacial score (nSPS) is 17.6. The highest BCUT2D eigenvalue weighted by Gasteiger charge is 2.37. The zero-order valence-corrected chi connectivity index (χ0v) is 10.9. The van der Waals surface area contributed by atoms with Gasteiger partial charge >= 0.3 is 5.97 Å². The second kappa shape index (κ2) is 7.36. The van der Waals surface area contributed by atoms with E-state index in [0.29, 0.717) is 19.5 Å². The molecule has 0 atom stereocenters. The highest BCUT2D eigenvalue weighted by Crippen LogP contribution is 2.43. The van der Waals surface area contributed by atoms with E-state index in [1.54, 1.807) is 0 Å². The Balaban J connectivity index is 2.36. The van der Waals surface area contributed by atoms with Crippen molar-refractivity contribution >= 4 is 11.9 Å². The quantitative estimate of drug-likeness (QED) is 0.570. The second-order valence-electron chi connectivity index (χ2n) is 5.30. The molecule has 1 aliphatic rings. The Morgan fingerprint density at radius 1 is 1.17 bits per heavy atom. The van der Waals surface area contributed by atoms with Crippen molar-refractivity contribution < 1.29 is 14.7 Å². The van der Waals surface area contributed by atoms with Crippen LogP contribution in [0.15, 0.2) is 0 Å². The standard InChI is InChI=1S/C13H24N2O3/c14-7-3-4-8-15-11(16)9-13(10-12(17)18)5-1-2-6-13/h1-10,14H2,(H,15,16)(H,17,18). The lowest BCUT2D eigenvalue weighted by molar-refractivity contribution is -0.140. The number of nitrogens with two attached hydrogens (primary N) is 1. The lowest BCUT2D eigenvalue weighted by atomic mass is 9.79. The largest absolute Gasteiger partial charge is 0.481 e. The first-order chi connectivity index (χ1) is 8.58. The Morgan fingerprint density at radius 2 is 1.83 bits per heavy atom. The maximum atomic E-state index is 11.8. The van der Waals surface area contributed by atoms with Gasteiger partial charge in [-0.05, 0) is 37.6 Å². The zero-order valence-electron chi connectivity index (χ0n) is 10.9. The molecular weight excluding hydrogens is 232 g/mol. The minimum Gasteiger partial charge on any atom is -0.481 e. The van der Waals surface area contributed by atoms with Gasteiger partial charge in [0, 0.05) is 13.0 Å². The van der Waals surface area contributed by atoms with Gasteiger partial charge in [-0.2, -0.15) is 0 Å². The van der Waals surface area contributed by atoms with Crippen LogP contribution in [0.2, 0.25) is 0 Å². The van der Waals surface area contributed by atoms with Gasteiger partial charge in [-0.25, -0.2) is 0 Å². The van der Waals surface area contributed by atoms with Crippen LogP contribution in [0.3, 0.4) is 0 Å². The van der Waals surface area contributed by atoms with Crippen LogP contribution in [-0.4, -0.2) is 30.1 Å². The topological polar surface area (TPSA) is 92.4 Å². The van der Waals surface area contributed by atoms with E-state index in [9.17, 15) is 9.59 Å². The highest BCUT2D eigenvalue weighted by atomic mass is 16.4. The number of rotatable bonds is 8. The van der Waals surface area contributed by atoms with Crippen LogP contribution in [0.4, 0.5) is 0 Å². The first-order valence-electron chi connectivity index (χ1n) is 6.76. The van der Waals surface area contributed by atoms with Crippen molar-refractivity contribution in [3.63, 3.8) is 0 Å². The van der Waals surface area contributed by atoms with Crippen LogP contribution in [0, 0.1) is 5.41 Å². The molecule has 1 rings (SSSR count). The van der Waals surface area contributed by atoms with Gasteiger partial charge < -0.3 is 16.2 Å². The molecule has 1 saturated carbocycles. The SMILES string of the molecule is NCCCCNC(=O)CC1(CC(=O)O)CCCC1. The van der Waals surface area contributed by atoms with Gasteiger partial charge in [-0.15, -0.1) is 0 Å². The van der Waals surface area contributed by atoms with E-state index in [1.165, 1.54) is 0 Å². The van der Waals surface area contributed by atoms with E-state index < -0.39 is 5.97 Å². The molecule has 104 valence electrons. The predicted molar refractivity (Wildman–Crippen MR) is 69.1 cm³/mol. The van der Waals surface area contributed by atoms with Crippen LogP contribution in [-0.2, 0) is 9.59 Å². The first-order valence-corrected chi connectivity index (χ1v) is 6.76. The number of carboxylic acid groups (broad SMARTS) is 1. The van der Waals surface area contributed by atoms with E-state index >= 15 is 0 Å². The monoisotopic (exact) mass is 256 g/mol. The van der Waals surface area contributed by atoms with E-state index in [2.05, 4.69) is 5.32 Å². The summed E-state index contributed by atoms with van der Waals surface area (Å²) in [5.41, 5.74) is 5.07. The van der Waals surface area contributed by atoms with Crippen molar-refractivity contribution in [3.05, 3.63) is 0 Å². The number of carboxylic acids is 1. The van der Waals surface area contributed by atoms with Crippen LogP contribution in [0.5, 0.6) is 0 Å². The molecule has 0 spiro atoms. The molecule has 1 fully saturated rings. The Bertz CT molecular complexity index is 286. The summed E-state index contributed by atoms with van der Waals surface area (Å²) in [5.74, 6) is -0.817. The number of unbranched alkanes of at least 4 members (excludes halogenated alkanes) is 1. The molecule has 1 amide bonds. The molecule has 4 N–H and O–H groups in total. The summed E-state index contributed by atoms with van der Waals surface area (Å²) in [4.78, 5) is 22.7. The van der Waals surface area contributed by atoms with E-state index in [1.807, 2.05) is 0 Å². The van der Waals surface area contributed by atoms with E-state index in [4.69, 9.17) is 10.8 Å². The van der Waals surface area contributed by atoms with E-state index in [0.717, 1.165) is 38.5 Å². The fraction of sp³-hybridized carbons (Fsp3) is 0.846. The van der Waals surface area contributed by atoms with Crippen molar-refractivity contribution in [2.75, 3.05) is 13.1 Å². The van der Waals surface area contributed by atoms with Crippen LogP contribution in [0.25, 0.3) is 0 Å². The number of carbonyl (C=O) groups excluding carboxylic acids is 1. The summed E-state index contributed by atoms with van der Waals surface area (Å²) in [7, 11) is 0. The third-order valence-corrected chi connectivity index (χ3v) is 3.68. The lowest BCUT2D eigenvalue weighted by Gasteiger charge is -2.26. The van der Waals surface area contributed by atoms with Gasteiger partial charge in [0.15, 0.2) is 0 Å². The molecule has 5 nitrogen and oxygen atoms in total. The third-order valence-electron chi connectivity index (χ3n) is 3.68. The average Bonchev–Trinajstić information content (AvgIpc) is 2.71. The van der Waals surface area contributed by atoms with Gasteiger partial charge in [-0.1, -0.05) is 12.8 Å². The minimum absolute atomic E-state index is 0.0184. The molecule has 18 heavy (non-hydrogen) atoms. The predicted octanol–water partition coefficient (Wildman–Crippen LogP) is 1.27.